The van der Waals surface area contributed by atoms with Crippen molar-refractivity contribution in [3.63, 3.8) is 0 Å². The smallest absolute Gasteiger partial charge is 0.226 e. The Morgan fingerprint density at radius 1 is 1.39 bits per heavy atom. The molecule has 0 aliphatic heterocycles. The number of aliphatic hydroxyl groups excluding tert-OH is 1. The third-order valence-corrected chi connectivity index (χ3v) is 7.08. The van der Waals surface area contributed by atoms with Gasteiger partial charge in [-0.1, -0.05) is 0 Å². The topological polar surface area (TPSA) is 95.6 Å². The summed E-state index contributed by atoms with van der Waals surface area (Å²) < 4.78 is 1.82. The van der Waals surface area contributed by atoms with Gasteiger partial charge in [0.1, 0.15) is 17.0 Å². The molecule has 0 radical (unpaired) electrons. The number of anilines is 2. The number of thiophene rings is 1. The van der Waals surface area contributed by atoms with Gasteiger partial charge >= 0.3 is 0 Å². The van der Waals surface area contributed by atoms with Gasteiger partial charge in [0.05, 0.1) is 17.5 Å². The van der Waals surface area contributed by atoms with Crippen LogP contribution in [-0.2, 0) is 17.6 Å². The van der Waals surface area contributed by atoms with Crippen LogP contribution in [0, 0.1) is 5.92 Å². The molecule has 1 unspecified atom stereocenters. The van der Waals surface area contributed by atoms with Crippen molar-refractivity contribution in [3.8, 4) is 0 Å². The third kappa shape index (κ3) is 3.64. The molecule has 0 saturated carbocycles. The summed E-state index contributed by atoms with van der Waals surface area (Å²) in [5.74, 6) is 0.894. The molecule has 0 saturated heterocycles. The standard InChI is InChI=1S/C22H24N6O2S/c1-2-27(9-10-29)22(30)14-3-4-17-18(11-14)31-21-19(17)20(23-13-24-21)26-15-6-8-28-16(12-15)5-7-25-28/h5-8,12-14,29H,2-4,9-11H2,1H3,(H,23,24,26). The minimum absolute atomic E-state index is 0.00383. The number of nitrogens with one attached hydrogen (secondary N) is 1. The fourth-order valence-corrected chi connectivity index (χ4v) is 5.62. The highest BCUT2D eigenvalue weighted by Crippen LogP contribution is 2.40. The summed E-state index contributed by atoms with van der Waals surface area (Å²) in [7, 11) is 0. The number of hydrogen-bond donors (Lipinski definition) is 2. The van der Waals surface area contributed by atoms with E-state index in [0.29, 0.717) is 13.1 Å². The second-order valence-electron chi connectivity index (χ2n) is 7.73. The van der Waals surface area contributed by atoms with Crippen LogP contribution < -0.4 is 5.32 Å². The number of fused-ring (bicyclic) bond motifs is 4. The van der Waals surface area contributed by atoms with Crippen LogP contribution in [0.2, 0.25) is 0 Å². The number of hydrogen-bond acceptors (Lipinski definition) is 7. The second-order valence-corrected chi connectivity index (χ2v) is 8.81. The summed E-state index contributed by atoms with van der Waals surface area (Å²) in [6, 6.07) is 5.97. The Morgan fingerprint density at radius 3 is 3.13 bits per heavy atom. The van der Waals surface area contributed by atoms with Gasteiger partial charge in [-0.15, -0.1) is 11.3 Å². The van der Waals surface area contributed by atoms with Crippen molar-refractivity contribution in [2.24, 2.45) is 5.92 Å². The van der Waals surface area contributed by atoms with E-state index in [0.717, 1.165) is 46.5 Å². The molecule has 8 nitrogen and oxygen atoms in total. The highest BCUT2D eigenvalue weighted by atomic mass is 32.1. The zero-order valence-electron chi connectivity index (χ0n) is 17.3. The van der Waals surface area contributed by atoms with Crippen LogP contribution in [0.3, 0.4) is 0 Å². The number of amides is 1. The quantitative estimate of drug-likeness (QED) is 0.482. The van der Waals surface area contributed by atoms with Gasteiger partial charge in [-0.25, -0.2) is 14.5 Å². The van der Waals surface area contributed by atoms with E-state index in [1.807, 2.05) is 35.8 Å². The van der Waals surface area contributed by atoms with E-state index in [9.17, 15) is 9.90 Å². The van der Waals surface area contributed by atoms with Gasteiger partial charge in [0.15, 0.2) is 0 Å². The van der Waals surface area contributed by atoms with Gasteiger partial charge in [0.25, 0.3) is 0 Å². The molecule has 0 aromatic carbocycles. The summed E-state index contributed by atoms with van der Waals surface area (Å²) in [5.41, 5.74) is 3.20. The summed E-state index contributed by atoms with van der Waals surface area (Å²) in [4.78, 5) is 25.9. The monoisotopic (exact) mass is 436 g/mol. The van der Waals surface area contributed by atoms with E-state index in [-0.39, 0.29) is 18.4 Å². The first-order valence-corrected chi connectivity index (χ1v) is 11.3. The Balaban J connectivity index is 1.44. The summed E-state index contributed by atoms with van der Waals surface area (Å²) in [6.45, 7) is 2.97. The molecule has 9 heteroatoms. The van der Waals surface area contributed by atoms with Gasteiger partial charge in [-0.3, -0.25) is 4.79 Å². The lowest BCUT2D eigenvalue weighted by Gasteiger charge is -2.28. The van der Waals surface area contributed by atoms with Gasteiger partial charge in [-0.05, 0) is 49.9 Å². The lowest BCUT2D eigenvalue weighted by molar-refractivity contribution is -0.136. The highest BCUT2D eigenvalue weighted by molar-refractivity contribution is 7.19. The molecule has 160 valence electrons. The molecule has 4 aromatic rings. The van der Waals surface area contributed by atoms with Gasteiger partial charge < -0.3 is 15.3 Å². The highest BCUT2D eigenvalue weighted by Gasteiger charge is 2.31. The Kier molecular flexibility index (Phi) is 5.29. The first-order chi connectivity index (χ1) is 15.2. The number of pyridine rings is 1. The number of carbonyl (C=O) groups excluding carboxylic acids is 1. The predicted molar refractivity (Wildman–Crippen MR) is 121 cm³/mol. The average molecular weight is 437 g/mol. The molecule has 1 atom stereocenters. The van der Waals surface area contributed by atoms with Gasteiger partial charge in [0.2, 0.25) is 5.91 Å². The molecule has 4 heterocycles. The molecule has 4 aromatic heterocycles. The lowest BCUT2D eigenvalue weighted by atomic mass is 9.87. The molecule has 31 heavy (non-hydrogen) atoms. The number of rotatable bonds is 6. The molecule has 1 amide bonds. The van der Waals surface area contributed by atoms with Crippen molar-refractivity contribution in [2.75, 3.05) is 25.0 Å². The van der Waals surface area contributed by atoms with Crippen molar-refractivity contribution in [2.45, 2.75) is 26.2 Å². The summed E-state index contributed by atoms with van der Waals surface area (Å²) in [5, 5.41) is 18.0. The Bertz CT molecular complexity index is 1250. The van der Waals surface area contributed by atoms with E-state index >= 15 is 0 Å². The molecule has 2 N–H and O–H groups in total. The van der Waals surface area contributed by atoms with Crippen LogP contribution in [0.5, 0.6) is 0 Å². The van der Waals surface area contributed by atoms with Gasteiger partial charge in [0, 0.05) is 42.0 Å². The molecule has 5 rings (SSSR count). The molecule has 0 fully saturated rings. The van der Waals surface area contributed by atoms with Crippen molar-refractivity contribution in [1.29, 1.82) is 0 Å². The number of likely N-dealkylation sites (N-methyl/N-ethyl adjacent to an activating group) is 1. The number of aliphatic hydroxyl groups is 1. The van der Waals surface area contributed by atoms with E-state index in [1.165, 1.54) is 10.4 Å². The number of aryl methyl sites for hydroxylation is 1. The second kappa shape index (κ2) is 8.24. The fraction of sp³-hybridized carbons (Fsp3) is 0.364. The number of aromatic nitrogens is 4. The maximum Gasteiger partial charge on any atom is 0.226 e. The van der Waals surface area contributed by atoms with Crippen LogP contribution in [-0.4, -0.2) is 55.2 Å². The van der Waals surface area contributed by atoms with E-state index < -0.39 is 0 Å². The van der Waals surface area contributed by atoms with Crippen LogP contribution in [0.4, 0.5) is 11.5 Å². The molecule has 0 spiro atoms. The first kappa shape index (κ1) is 19.9. The molecular weight excluding hydrogens is 412 g/mol. The minimum Gasteiger partial charge on any atom is -0.395 e. The molecule has 1 aliphatic rings. The van der Waals surface area contributed by atoms with E-state index in [2.05, 4.69) is 20.4 Å². The van der Waals surface area contributed by atoms with Gasteiger partial charge in [-0.2, -0.15) is 5.10 Å². The zero-order chi connectivity index (χ0) is 21.4. The Hall–Kier alpha value is -3.04. The first-order valence-electron chi connectivity index (χ1n) is 10.5. The van der Waals surface area contributed by atoms with E-state index in [1.54, 1.807) is 28.8 Å². The van der Waals surface area contributed by atoms with Crippen LogP contribution in [0.15, 0.2) is 36.9 Å². The molecular formula is C22H24N6O2S. The fourth-order valence-electron chi connectivity index (χ4n) is 4.36. The van der Waals surface area contributed by atoms with Crippen LogP contribution in [0.1, 0.15) is 23.8 Å². The van der Waals surface area contributed by atoms with Crippen molar-refractivity contribution >= 4 is 44.5 Å². The summed E-state index contributed by atoms with van der Waals surface area (Å²) in [6.07, 6.45) is 7.63. The zero-order valence-corrected chi connectivity index (χ0v) is 18.1. The Labute approximate surface area is 183 Å². The average Bonchev–Trinajstić information content (AvgIpc) is 3.40. The summed E-state index contributed by atoms with van der Waals surface area (Å²) >= 11 is 1.66. The minimum atomic E-state index is -0.0410. The van der Waals surface area contributed by atoms with Crippen LogP contribution >= 0.6 is 11.3 Å². The molecule has 0 bridgehead atoms. The van der Waals surface area contributed by atoms with Crippen molar-refractivity contribution < 1.29 is 9.90 Å². The van der Waals surface area contributed by atoms with Crippen LogP contribution in [0.25, 0.3) is 15.7 Å². The third-order valence-electron chi connectivity index (χ3n) is 5.92. The largest absolute Gasteiger partial charge is 0.395 e. The normalized spacial score (nSPS) is 15.9. The predicted octanol–water partition coefficient (Wildman–Crippen LogP) is 3.03. The van der Waals surface area contributed by atoms with E-state index in [4.69, 9.17) is 0 Å². The SMILES string of the molecule is CCN(CCO)C(=O)C1CCc2c(sc3ncnc(Nc4ccn5nccc5c4)c23)C1. The maximum atomic E-state index is 12.9. The lowest BCUT2D eigenvalue weighted by Crippen LogP contribution is -2.39. The maximum absolute atomic E-state index is 12.9. The molecule has 1 aliphatic carbocycles. The Morgan fingerprint density at radius 2 is 2.29 bits per heavy atom. The number of carbonyl (C=O) groups is 1. The van der Waals surface area contributed by atoms with Crippen molar-refractivity contribution in [3.05, 3.63) is 47.4 Å². The van der Waals surface area contributed by atoms with Crippen molar-refractivity contribution in [1.82, 2.24) is 24.5 Å². The number of nitrogens with zero attached hydrogens (tertiary/aromatic N) is 5.